The van der Waals surface area contributed by atoms with Gasteiger partial charge < -0.3 is 19.6 Å². The lowest BCUT2D eigenvalue weighted by molar-refractivity contribution is 0.0690. The average Bonchev–Trinajstić information content (AvgIpc) is 2.78. The summed E-state index contributed by atoms with van der Waals surface area (Å²) in [5.74, 6) is -1.13. The number of hydrogen-bond donors (Lipinski definition) is 2. The molecule has 0 fully saturated rings. The van der Waals surface area contributed by atoms with Crippen LogP contribution in [0.4, 0.5) is 11.7 Å². The summed E-state index contributed by atoms with van der Waals surface area (Å²) in [6.07, 6.45) is 1.09. The van der Waals surface area contributed by atoms with Crippen LogP contribution in [0.3, 0.4) is 0 Å². The maximum Gasteiger partial charge on any atom is 0.357 e. The highest BCUT2D eigenvalue weighted by molar-refractivity contribution is 5.85. The highest BCUT2D eigenvalue weighted by Gasteiger charge is 2.10. The summed E-state index contributed by atoms with van der Waals surface area (Å²) in [5, 5.41) is 11.6. The molecule has 0 radical (unpaired) electrons. The van der Waals surface area contributed by atoms with Crippen molar-refractivity contribution in [1.82, 2.24) is 4.98 Å². The van der Waals surface area contributed by atoms with Crippen molar-refractivity contribution in [2.24, 2.45) is 0 Å². The SMILES string of the molecule is COCc1cccc(Nc2nc(C(=O)O)co2)c1. The molecule has 18 heavy (non-hydrogen) atoms. The third-order valence-electron chi connectivity index (χ3n) is 2.21. The second kappa shape index (κ2) is 5.33. The molecule has 2 aromatic rings. The topological polar surface area (TPSA) is 84.6 Å². The van der Waals surface area contributed by atoms with Gasteiger partial charge in [0.05, 0.1) is 6.61 Å². The number of nitrogens with one attached hydrogen (secondary N) is 1. The maximum atomic E-state index is 10.6. The lowest BCUT2D eigenvalue weighted by Crippen LogP contribution is -1.97. The van der Waals surface area contributed by atoms with Crippen LogP contribution in [0.25, 0.3) is 0 Å². The third kappa shape index (κ3) is 2.86. The van der Waals surface area contributed by atoms with Gasteiger partial charge in [0, 0.05) is 12.8 Å². The van der Waals surface area contributed by atoms with Crippen molar-refractivity contribution in [3.63, 3.8) is 0 Å². The fourth-order valence-corrected chi connectivity index (χ4v) is 1.46. The van der Waals surface area contributed by atoms with Crippen LogP contribution in [-0.4, -0.2) is 23.2 Å². The van der Waals surface area contributed by atoms with Crippen molar-refractivity contribution < 1.29 is 19.1 Å². The molecule has 0 spiro atoms. The van der Waals surface area contributed by atoms with E-state index >= 15 is 0 Å². The van der Waals surface area contributed by atoms with Crippen molar-refractivity contribution in [2.75, 3.05) is 12.4 Å². The van der Waals surface area contributed by atoms with Crippen LogP contribution >= 0.6 is 0 Å². The quantitative estimate of drug-likeness (QED) is 0.844. The van der Waals surface area contributed by atoms with Crippen molar-refractivity contribution in [1.29, 1.82) is 0 Å². The molecule has 0 aliphatic rings. The van der Waals surface area contributed by atoms with Crippen LogP contribution in [0.15, 0.2) is 34.9 Å². The van der Waals surface area contributed by atoms with E-state index in [-0.39, 0.29) is 11.7 Å². The molecule has 1 heterocycles. The van der Waals surface area contributed by atoms with Gasteiger partial charge in [0.2, 0.25) is 0 Å². The van der Waals surface area contributed by atoms with Crippen LogP contribution in [0, 0.1) is 0 Å². The molecule has 0 bridgehead atoms. The lowest BCUT2D eigenvalue weighted by atomic mass is 10.2. The van der Waals surface area contributed by atoms with Crippen molar-refractivity contribution in [3.8, 4) is 0 Å². The van der Waals surface area contributed by atoms with Crippen molar-refractivity contribution >= 4 is 17.7 Å². The number of hydrogen-bond acceptors (Lipinski definition) is 5. The largest absolute Gasteiger partial charge is 0.476 e. The maximum absolute atomic E-state index is 10.6. The van der Waals surface area contributed by atoms with E-state index in [4.69, 9.17) is 14.3 Å². The minimum atomic E-state index is -1.13. The monoisotopic (exact) mass is 248 g/mol. The number of carbonyl (C=O) groups is 1. The summed E-state index contributed by atoms with van der Waals surface area (Å²) in [6.45, 7) is 0.501. The summed E-state index contributed by atoms with van der Waals surface area (Å²) in [5.41, 5.74) is 1.61. The normalized spacial score (nSPS) is 10.3. The van der Waals surface area contributed by atoms with Crippen LogP contribution in [0.1, 0.15) is 16.1 Å². The zero-order valence-corrected chi connectivity index (χ0v) is 9.71. The zero-order chi connectivity index (χ0) is 13.0. The van der Waals surface area contributed by atoms with Gasteiger partial charge in [0.15, 0.2) is 5.69 Å². The number of aromatic nitrogens is 1. The van der Waals surface area contributed by atoms with Crippen molar-refractivity contribution in [3.05, 3.63) is 41.8 Å². The Labute approximate surface area is 103 Å². The minimum Gasteiger partial charge on any atom is -0.476 e. The van der Waals surface area contributed by atoms with Gasteiger partial charge in [-0.3, -0.25) is 0 Å². The molecule has 94 valence electrons. The fraction of sp³-hybridized carbons (Fsp3) is 0.167. The molecule has 2 N–H and O–H groups in total. The van der Waals surface area contributed by atoms with Gasteiger partial charge in [-0.2, -0.15) is 4.98 Å². The Hall–Kier alpha value is -2.34. The van der Waals surface area contributed by atoms with Crippen LogP contribution in [0.5, 0.6) is 0 Å². The molecule has 0 atom stereocenters. The molecule has 0 unspecified atom stereocenters. The predicted octanol–water partition coefficient (Wildman–Crippen LogP) is 2.26. The zero-order valence-electron chi connectivity index (χ0n) is 9.71. The number of oxazole rings is 1. The summed E-state index contributed by atoms with van der Waals surface area (Å²) in [7, 11) is 1.62. The van der Waals surface area contributed by atoms with Gasteiger partial charge in [0.1, 0.15) is 6.26 Å². The molecular formula is C12H12N2O4. The standard InChI is InChI=1S/C12H12N2O4/c1-17-6-8-3-2-4-9(5-8)13-12-14-10(7-18-12)11(15)16/h2-5,7H,6H2,1H3,(H,13,14)(H,15,16). The van der Waals surface area contributed by atoms with E-state index in [0.29, 0.717) is 6.61 Å². The van der Waals surface area contributed by atoms with E-state index in [1.54, 1.807) is 7.11 Å². The minimum absolute atomic E-state index is 0.134. The lowest BCUT2D eigenvalue weighted by Gasteiger charge is -2.04. The summed E-state index contributed by atoms with van der Waals surface area (Å²) in [6, 6.07) is 7.62. The molecule has 0 saturated carbocycles. The van der Waals surface area contributed by atoms with E-state index in [2.05, 4.69) is 10.3 Å². The smallest absolute Gasteiger partial charge is 0.357 e. The number of rotatable bonds is 5. The van der Waals surface area contributed by atoms with Gasteiger partial charge >= 0.3 is 5.97 Å². The Morgan fingerprint density at radius 1 is 1.56 bits per heavy atom. The Balaban J connectivity index is 2.12. The molecule has 0 aliphatic heterocycles. The summed E-state index contributed by atoms with van der Waals surface area (Å²) in [4.78, 5) is 14.4. The number of carboxylic acid groups (broad SMARTS) is 1. The van der Waals surface area contributed by atoms with Crippen molar-refractivity contribution in [2.45, 2.75) is 6.61 Å². The molecule has 0 amide bonds. The number of nitrogens with zero attached hydrogens (tertiary/aromatic N) is 1. The van der Waals surface area contributed by atoms with Crippen LogP contribution in [-0.2, 0) is 11.3 Å². The van der Waals surface area contributed by atoms with Gasteiger partial charge in [-0.15, -0.1) is 0 Å². The second-order valence-electron chi connectivity index (χ2n) is 3.60. The van der Waals surface area contributed by atoms with Gasteiger partial charge in [0.25, 0.3) is 6.01 Å². The first-order chi connectivity index (χ1) is 8.69. The van der Waals surface area contributed by atoms with E-state index in [0.717, 1.165) is 17.5 Å². The van der Waals surface area contributed by atoms with Gasteiger partial charge in [-0.25, -0.2) is 4.79 Å². The molecular weight excluding hydrogens is 236 g/mol. The second-order valence-corrected chi connectivity index (χ2v) is 3.60. The molecule has 6 nitrogen and oxygen atoms in total. The van der Waals surface area contributed by atoms with E-state index in [9.17, 15) is 4.79 Å². The third-order valence-corrected chi connectivity index (χ3v) is 2.21. The van der Waals surface area contributed by atoms with Crippen LogP contribution < -0.4 is 5.32 Å². The molecule has 6 heteroatoms. The van der Waals surface area contributed by atoms with E-state index in [1.165, 1.54) is 0 Å². The Kier molecular flexibility index (Phi) is 3.59. The number of methoxy groups -OCH3 is 1. The molecule has 0 aliphatic carbocycles. The van der Waals surface area contributed by atoms with Crippen LogP contribution in [0.2, 0.25) is 0 Å². The Morgan fingerprint density at radius 3 is 3.06 bits per heavy atom. The molecule has 0 saturated heterocycles. The van der Waals surface area contributed by atoms with Gasteiger partial charge in [-0.05, 0) is 17.7 Å². The number of benzene rings is 1. The van der Waals surface area contributed by atoms with E-state index in [1.807, 2.05) is 24.3 Å². The fourth-order valence-electron chi connectivity index (χ4n) is 1.46. The molecule has 2 rings (SSSR count). The average molecular weight is 248 g/mol. The first kappa shape index (κ1) is 12.1. The number of carboxylic acids is 1. The number of aromatic carboxylic acids is 1. The Bertz CT molecular complexity index is 551. The van der Waals surface area contributed by atoms with Gasteiger partial charge in [-0.1, -0.05) is 12.1 Å². The highest BCUT2D eigenvalue weighted by atomic mass is 16.5. The number of ether oxygens (including phenoxy) is 1. The highest BCUT2D eigenvalue weighted by Crippen LogP contribution is 2.17. The van der Waals surface area contributed by atoms with E-state index < -0.39 is 5.97 Å². The molecule has 1 aromatic heterocycles. The number of anilines is 2. The molecule has 1 aromatic carbocycles. The predicted molar refractivity (Wildman–Crippen MR) is 63.9 cm³/mol. The first-order valence-corrected chi connectivity index (χ1v) is 5.23. The first-order valence-electron chi connectivity index (χ1n) is 5.23. The summed E-state index contributed by atoms with van der Waals surface area (Å²) >= 11 is 0. The summed E-state index contributed by atoms with van der Waals surface area (Å²) < 4.78 is 10.0. The Morgan fingerprint density at radius 2 is 2.39 bits per heavy atom.